The molecule has 19 heavy (non-hydrogen) atoms. The number of rotatable bonds is 2. The third-order valence-corrected chi connectivity index (χ3v) is 3.47. The lowest BCUT2D eigenvalue weighted by Crippen LogP contribution is -1.83. The second-order valence-corrected chi connectivity index (χ2v) is 5.22. The highest BCUT2D eigenvalue weighted by atomic mass is 79.9. The Bertz CT molecular complexity index is 692. The molecule has 2 aromatic carbocycles. The van der Waals surface area contributed by atoms with Crippen molar-refractivity contribution in [1.82, 2.24) is 4.98 Å². The first-order valence-corrected chi connectivity index (χ1v) is 6.90. The molecular weight excluding hydrogens is 298 g/mol. The maximum Gasteiger partial charge on any atom is 0.0702 e. The molecule has 1 heterocycles. The first-order chi connectivity index (χ1) is 9.33. The normalized spacial score (nSPS) is 10.4. The molecule has 0 unspecified atom stereocenters. The number of pyridine rings is 1. The first kappa shape index (κ1) is 12.1. The van der Waals surface area contributed by atoms with Gasteiger partial charge in [-0.05, 0) is 41.5 Å². The van der Waals surface area contributed by atoms with Crippen molar-refractivity contribution in [2.75, 3.05) is 0 Å². The van der Waals surface area contributed by atoms with Crippen molar-refractivity contribution in [1.29, 1.82) is 0 Å². The van der Waals surface area contributed by atoms with Gasteiger partial charge in [0.05, 0.1) is 5.69 Å². The van der Waals surface area contributed by atoms with Gasteiger partial charge in [-0.2, -0.15) is 0 Å². The van der Waals surface area contributed by atoms with Crippen molar-refractivity contribution in [3.8, 4) is 22.4 Å². The van der Waals surface area contributed by atoms with Crippen LogP contribution in [0.2, 0.25) is 0 Å². The van der Waals surface area contributed by atoms with E-state index in [-0.39, 0.29) is 0 Å². The Morgan fingerprint density at radius 3 is 2.16 bits per heavy atom. The van der Waals surface area contributed by atoms with Crippen molar-refractivity contribution in [2.24, 2.45) is 0 Å². The van der Waals surface area contributed by atoms with Crippen LogP contribution in [0, 0.1) is 0 Å². The average molecular weight is 310 g/mol. The molecule has 0 saturated heterocycles. The Labute approximate surface area is 121 Å². The zero-order valence-corrected chi connectivity index (χ0v) is 11.8. The Hall–Kier alpha value is -1.93. The van der Waals surface area contributed by atoms with Crippen LogP contribution in [0.15, 0.2) is 77.4 Å². The summed E-state index contributed by atoms with van der Waals surface area (Å²) in [6.45, 7) is 0. The van der Waals surface area contributed by atoms with Gasteiger partial charge in [0.25, 0.3) is 0 Å². The predicted molar refractivity (Wildman–Crippen MR) is 82.8 cm³/mol. The van der Waals surface area contributed by atoms with Crippen LogP contribution in [0.25, 0.3) is 22.4 Å². The van der Waals surface area contributed by atoms with E-state index < -0.39 is 0 Å². The lowest BCUT2D eigenvalue weighted by molar-refractivity contribution is 1.33. The summed E-state index contributed by atoms with van der Waals surface area (Å²) in [5.74, 6) is 0. The van der Waals surface area contributed by atoms with Gasteiger partial charge in [0.1, 0.15) is 0 Å². The molecule has 0 saturated carbocycles. The van der Waals surface area contributed by atoms with Crippen molar-refractivity contribution in [2.45, 2.75) is 0 Å². The number of benzene rings is 2. The van der Waals surface area contributed by atoms with Crippen LogP contribution in [0.4, 0.5) is 0 Å². The highest BCUT2D eigenvalue weighted by Gasteiger charge is 2.02. The van der Waals surface area contributed by atoms with Gasteiger partial charge in [0.2, 0.25) is 0 Å². The minimum absolute atomic E-state index is 0.999. The van der Waals surface area contributed by atoms with Gasteiger partial charge < -0.3 is 0 Å². The summed E-state index contributed by atoms with van der Waals surface area (Å²) < 4.78 is 1.09. The maximum atomic E-state index is 4.39. The van der Waals surface area contributed by atoms with Crippen LogP contribution in [0.3, 0.4) is 0 Å². The van der Waals surface area contributed by atoms with Crippen molar-refractivity contribution in [3.63, 3.8) is 0 Å². The van der Waals surface area contributed by atoms with Crippen LogP contribution in [-0.2, 0) is 0 Å². The molecule has 1 aromatic heterocycles. The van der Waals surface area contributed by atoms with Crippen molar-refractivity contribution >= 4 is 15.9 Å². The predicted octanol–water partition coefficient (Wildman–Crippen LogP) is 5.18. The van der Waals surface area contributed by atoms with Gasteiger partial charge >= 0.3 is 0 Å². The molecular formula is C17H12BrN. The zero-order chi connectivity index (χ0) is 13.1. The standard InChI is InChI=1S/C17H12BrN/c18-16-8-4-6-14(12-16)13-5-3-7-15(11-13)17-9-1-2-10-19-17/h1-12H. The molecule has 0 spiro atoms. The third kappa shape index (κ3) is 2.74. The fraction of sp³-hybridized carbons (Fsp3) is 0. The van der Waals surface area contributed by atoms with Gasteiger partial charge in [-0.25, -0.2) is 0 Å². The number of aromatic nitrogens is 1. The largest absolute Gasteiger partial charge is 0.256 e. The molecule has 2 heteroatoms. The van der Waals surface area contributed by atoms with Crippen molar-refractivity contribution < 1.29 is 0 Å². The summed E-state index contributed by atoms with van der Waals surface area (Å²) in [5.41, 5.74) is 4.54. The molecule has 0 radical (unpaired) electrons. The minimum Gasteiger partial charge on any atom is -0.256 e. The van der Waals surface area contributed by atoms with Crippen LogP contribution >= 0.6 is 15.9 Å². The molecule has 92 valence electrons. The Morgan fingerprint density at radius 1 is 0.684 bits per heavy atom. The molecule has 0 aliphatic rings. The number of hydrogen-bond donors (Lipinski definition) is 0. The van der Waals surface area contributed by atoms with Crippen LogP contribution in [-0.4, -0.2) is 4.98 Å². The fourth-order valence-corrected chi connectivity index (χ4v) is 2.46. The van der Waals surface area contributed by atoms with E-state index in [0.29, 0.717) is 0 Å². The minimum atomic E-state index is 0.999. The lowest BCUT2D eigenvalue weighted by Gasteiger charge is -2.05. The Balaban J connectivity index is 2.06. The number of hydrogen-bond acceptors (Lipinski definition) is 1. The van der Waals surface area contributed by atoms with Gasteiger partial charge in [-0.15, -0.1) is 0 Å². The van der Waals surface area contributed by atoms with Crippen LogP contribution < -0.4 is 0 Å². The van der Waals surface area contributed by atoms with E-state index in [1.165, 1.54) is 11.1 Å². The maximum absolute atomic E-state index is 4.39. The summed E-state index contributed by atoms with van der Waals surface area (Å²) in [5, 5.41) is 0. The number of halogens is 1. The smallest absolute Gasteiger partial charge is 0.0702 e. The molecule has 0 fully saturated rings. The van der Waals surface area contributed by atoms with E-state index in [9.17, 15) is 0 Å². The Morgan fingerprint density at radius 2 is 1.42 bits per heavy atom. The van der Waals surface area contributed by atoms with E-state index in [1.54, 1.807) is 0 Å². The summed E-state index contributed by atoms with van der Waals surface area (Å²) in [6.07, 6.45) is 1.82. The first-order valence-electron chi connectivity index (χ1n) is 6.10. The highest BCUT2D eigenvalue weighted by Crippen LogP contribution is 2.26. The zero-order valence-electron chi connectivity index (χ0n) is 10.3. The van der Waals surface area contributed by atoms with Gasteiger partial charge in [-0.1, -0.05) is 52.3 Å². The monoisotopic (exact) mass is 309 g/mol. The molecule has 0 aliphatic carbocycles. The van der Waals surface area contributed by atoms with E-state index in [4.69, 9.17) is 0 Å². The second-order valence-electron chi connectivity index (χ2n) is 4.31. The number of nitrogens with zero attached hydrogens (tertiary/aromatic N) is 1. The average Bonchev–Trinajstić information content (AvgIpc) is 2.48. The van der Waals surface area contributed by atoms with Gasteiger partial charge in [-0.3, -0.25) is 4.98 Å². The Kier molecular flexibility index (Phi) is 3.43. The molecule has 3 rings (SSSR count). The van der Waals surface area contributed by atoms with E-state index in [2.05, 4.69) is 57.3 Å². The summed E-state index contributed by atoms with van der Waals surface area (Å²) >= 11 is 3.51. The van der Waals surface area contributed by atoms with Gasteiger partial charge in [0, 0.05) is 16.2 Å². The van der Waals surface area contributed by atoms with E-state index in [0.717, 1.165) is 15.7 Å². The quantitative estimate of drug-likeness (QED) is 0.635. The summed E-state index contributed by atoms with van der Waals surface area (Å²) in [7, 11) is 0. The summed E-state index contributed by atoms with van der Waals surface area (Å²) in [4.78, 5) is 4.39. The van der Waals surface area contributed by atoms with Gasteiger partial charge in [0.15, 0.2) is 0 Å². The highest BCUT2D eigenvalue weighted by molar-refractivity contribution is 9.10. The molecule has 1 nitrogen and oxygen atoms in total. The second kappa shape index (κ2) is 5.37. The fourth-order valence-electron chi connectivity index (χ4n) is 2.06. The molecule has 0 bridgehead atoms. The topological polar surface area (TPSA) is 12.9 Å². The van der Waals surface area contributed by atoms with Crippen LogP contribution in [0.5, 0.6) is 0 Å². The molecule has 0 atom stereocenters. The van der Waals surface area contributed by atoms with E-state index >= 15 is 0 Å². The molecule has 3 aromatic rings. The van der Waals surface area contributed by atoms with Crippen molar-refractivity contribution in [3.05, 3.63) is 77.4 Å². The lowest BCUT2D eigenvalue weighted by atomic mass is 10.0. The molecule has 0 aliphatic heterocycles. The summed E-state index contributed by atoms with van der Waals surface area (Å²) in [6, 6.07) is 22.7. The van der Waals surface area contributed by atoms with E-state index in [1.807, 2.05) is 36.5 Å². The molecule has 0 N–H and O–H groups in total. The SMILES string of the molecule is Brc1cccc(-c2cccc(-c3ccccn3)c2)c1. The third-order valence-electron chi connectivity index (χ3n) is 2.98. The van der Waals surface area contributed by atoms with Crippen LogP contribution in [0.1, 0.15) is 0 Å². The molecule has 0 amide bonds.